The number of ether oxygens (including phenoxy) is 1. The van der Waals surface area contributed by atoms with Crippen LogP contribution >= 0.6 is 0 Å². The van der Waals surface area contributed by atoms with Crippen LogP contribution in [0.4, 0.5) is 0 Å². The molecule has 0 saturated carbocycles. The highest BCUT2D eigenvalue weighted by Crippen LogP contribution is 2.17. The maximum atomic E-state index is 13.1. The summed E-state index contributed by atoms with van der Waals surface area (Å²) >= 11 is 0. The molecule has 0 aliphatic carbocycles. The van der Waals surface area contributed by atoms with E-state index in [2.05, 4.69) is 38.2 Å². The molecule has 0 aromatic carbocycles. The molecule has 0 saturated heterocycles. The Hall–Kier alpha value is -2.18. The lowest BCUT2D eigenvalue weighted by Crippen LogP contribution is -2.46. The van der Waals surface area contributed by atoms with Gasteiger partial charge in [-0.2, -0.15) is 0 Å². The molecule has 326 valence electrons. The Bertz CT molecular complexity index is 972. The van der Waals surface area contributed by atoms with E-state index in [0.29, 0.717) is 19.3 Å². The topological polar surface area (TPSA) is 95.9 Å². The van der Waals surface area contributed by atoms with E-state index in [4.69, 9.17) is 4.74 Å². The van der Waals surface area contributed by atoms with Gasteiger partial charge in [0.15, 0.2) is 0 Å². The fourth-order valence-electron chi connectivity index (χ4n) is 7.15. The molecule has 1 amide bonds. The van der Waals surface area contributed by atoms with Gasteiger partial charge < -0.3 is 20.3 Å². The van der Waals surface area contributed by atoms with Crippen molar-refractivity contribution in [3.63, 3.8) is 0 Å². The fourth-order valence-corrected chi connectivity index (χ4v) is 7.15. The van der Waals surface area contributed by atoms with Crippen molar-refractivity contribution in [2.75, 3.05) is 6.61 Å². The SMILES string of the molecule is CC/C=C/C=C/C=C\C=C/CCCC(CC(=O)NC(CO)C(O)CCCCCCCCCCCCCCCC)OC(=O)CCCCCCCCCCCCCC. The summed E-state index contributed by atoms with van der Waals surface area (Å²) in [5.41, 5.74) is 0. The van der Waals surface area contributed by atoms with Gasteiger partial charge in [0.05, 0.1) is 25.2 Å². The molecule has 0 heterocycles. The second kappa shape index (κ2) is 43.9. The zero-order valence-electron chi connectivity index (χ0n) is 37.0. The fraction of sp³-hybridized carbons (Fsp3) is 0.800. The number of allylic oxidation sites excluding steroid dienone is 8. The average Bonchev–Trinajstić information content (AvgIpc) is 3.19. The third kappa shape index (κ3) is 38.7. The van der Waals surface area contributed by atoms with Crippen LogP contribution in [0.2, 0.25) is 0 Å². The summed E-state index contributed by atoms with van der Waals surface area (Å²) < 4.78 is 5.87. The highest BCUT2D eigenvalue weighted by molar-refractivity contribution is 5.77. The molecule has 56 heavy (non-hydrogen) atoms. The van der Waals surface area contributed by atoms with Crippen molar-refractivity contribution in [3.05, 3.63) is 48.6 Å². The molecular weight excluding hydrogens is 695 g/mol. The molecule has 6 heteroatoms. The summed E-state index contributed by atoms with van der Waals surface area (Å²) in [4.78, 5) is 26.0. The molecule has 0 aromatic rings. The Balaban J connectivity index is 4.60. The van der Waals surface area contributed by atoms with Crippen LogP contribution in [0.1, 0.15) is 233 Å². The van der Waals surface area contributed by atoms with E-state index in [0.717, 1.165) is 57.8 Å². The monoisotopic (exact) mass is 786 g/mol. The maximum absolute atomic E-state index is 13.1. The van der Waals surface area contributed by atoms with Gasteiger partial charge in [-0.1, -0.05) is 230 Å². The number of hydrogen-bond acceptors (Lipinski definition) is 5. The summed E-state index contributed by atoms with van der Waals surface area (Å²) in [7, 11) is 0. The third-order valence-corrected chi connectivity index (χ3v) is 10.8. The molecule has 0 aliphatic rings. The standard InChI is InChI=1S/C50H91NO5/c1-4-7-10-13-16-19-22-24-25-27-30-33-36-39-42-48(53)47(45-52)51-49(54)44-46(41-38-35-32-29-26-21-18-15-12-9-6-3)56-50(55)43-40-37-34-31-28-23-20-17-14-11-8-5-2/h9,12,15,18,21,26,29,32,46-48,52-53H,4-8,10-11,13-14,16-17,19-20,22-25,27-28,30-31,33-45H2,1-3H3,(H,51,54)/b12-9+,18-15+,26-21-,32-29-. The van der Waals surface area contributed by atoms with E-state index in [1.165, 1.54) is 128 Å². The molecule has 0 radical (unpaired) electrons. The minimum Gasteiger partial charge on any atom is -0.462 e. The van der Waals surface area contributed by atoms with E-state index in [1.807, 2.05) is 36.5 Å². The van der Waals surface area contributed by atoms with Crippen molar-refractivity contribution < 1.29 is 24.5 Å². The zero-order valence-corrected chi connectivity index (χ0v) is 37.0. The number of aliphatic hydroxyl groups is 2. The Morgan fingerprint density at radius 3 is 1.43 bits per heavy atom. The summed E-state index contributed by atoms with van der Waals surface area (Å²) in [5, 5.41) is 23.7. The zero-order chi connectivity index (χ0) is 41.0. The Morgan fingerprint density at radius 1 is 0.536 bits per heavy atom. The smallest absolute Gasteiger partial charge is 0.306 e. The van der Waals surface area contributed by atoms with Crippen molar-refractivity contribution in [1.82, 2.24) is 5.32 Å². The van der Waals surface area contributed by atoms with Crippen molar-refractivity contribution in [1.29, 1.82) is 0 Å². The molecule has 0 fully saturated rings. The van der Waals surface area contributed by atoms with E-state index in [1.54, 1.807) is 0 Å². The molecule has 0 bridgehead atoms. The first-order valence-corrected chi connectivity index (χ1v) is 23.9. The van der Waals surface area contributed by atoms with Gasteiger partial charge in [-0.25, -0.2) is 0 Å². The number of amides is 1. The quantitative estimate of drug-likeness (QED) is 0.0325. The largest absolute Gasteiger partial charge is 0.462 e. The molecule has 0 rings (SSSR count). The lowest BCUT2D eigenvalue weighted by Gasteiger charge is -2.24. The molecule has 0 aliphatic heterocycles. The second-order valence-corrected chi connectivity index (χ2v) is 16.2. The van der Waals surface area contributed by atoms with E-state index in [9.17, 15) is 19.8 Å². The van der Waals surface area contributed by atoms with E-state index >= 15 is 0 Å². The summed E-state index contributed by atoms with van der Waals surface area (Å²) in [6.07, 6.45) is 51.8. The van der Waals surface area contributed by atoms with Crippen LogP contribution < -0.4 is 5.32 Å². The Labute approximate surface area is 346 Å². The van der Waals surface area contributed by atoms with Crippen molar-refractivity contribution in [2.24, 2.45) is 0 Å². The lowest BCUT2D eigenvalue weighted by atomic mass is 10.0. The van der Waals surface area contributed by atoms with Crippen LogP contribution in [0, 0.1) is 0 Å². The number of rotatable bonds is 42. The van der Waals surface area contributed by atoms with Crippen LogP contribution in [0.15, 0.2) is 48.6 Å². The highest BCUT2D eigenvalue weighted by atomic mass is 16.5. The second-order valence-electron chi connectivity index (χ2n) is 16.2. The van der Waals surface area contributed by atoms with Crippen LogP contribution in [0.3, 0.4) is 0 Å². The number of nitrogens with one attached hydrogen (secondary N) is 1. The molecule has 3 unspecified atom stereocenters. The Kier molecular flexibility index (Phi) is 42.2. The summed E-state index contributed by atoms with van der Waals surface area (Å²) in [6, 6.07) is -0.719. The minimum absolute atomic E-state index is 0.0337. The average molecular weight is 786 g/mol. The van der Waals surface area contributed by atoms with Crippen LogP contribution in [0.25, 0.3) is 0 Å². The van der Waals surface area contributed by atoms with Gasteiger partial charge in [0.1, 0.15) is 6.10 Å². The summed E-state index contributed by atoms with van der Waals surface area (Å²) in [6.45, 7) is 6.31. The van der Waals surface area contributed by atoms with Gasteiger partial charge in [0, 0.05) is 6.42 Å². The molecule has 0 spiro atoms. The molecule has 3 atom stereocenters. The van der Waals surface area contributed by atoms with Crippen LogP contribution in [-0.2, 0) is 14.3 Å². The van der Waals surface area contributed by atoms with Gasteiger partial charge in [0.25, 0.3) is 0 Å². The lowest BCUT2D eigenvalue weighted by molar-refractivity contribution is -0.151. The van der Waals surface area contributed by atoms with Crippen molar-refractivity contribution in [3.8, 4) is 0 Å². The summed E-state index contributed by atoms with van der Waals surface area (Å²) in [5.74, 6) is -0.538. The van der Waals surface area contributed by atoms with Gasteiger partial charge in [0.2, 0.25) is 5.91 Å². The molecular formula is C50H91NO5. The predicted octanol–water partition coefficient (Wildman–Crippen LogP) is 13.9. The number of carbonyl (C=O) groups is 2. The normalized spacial score (nSPS) is 13.7. The predicted molar refractivity (Wildman–Crippen MR) is 241 cm³/mol. The van der Waals surface area contributed by atoms with E-state index in [-0.39, 0.29) is 24.9 Å². The van der Waals surface area contributed by atoms with Gasteiger partial charge >= 0.3 is 5.97 Å². The number of hydrogen-bond donors (Lipinski definition) is 3. The van der Waals surface area contributed by atoms with Gasteiger partial charge in [-0.15, -0.1) is 0 Å². The van der Waals surface area contributed by atoms with Crippen molar-refractivity contribution >= 4 is 11.9 Å². The first kappa shape index (κ1) is 53.8. The van der Waals surface area contributed by atoms with Crippen molar-refractivity contribution in [2.45, 2.75) is 251 Å². The number of unbranched alkanes of at least 4 members (excludes halogenated alkanes) is 25. The van der Waals surface area contributed by atoms with E-state index < -0.39 is 18.2 Å². The number of esters is 1. The minimum atomic E-state index is -0.802. The molecule has 3 N–H and O–H groups in total. The molecule has 0 aromatic heterocycles. The first-order chi connectivity index (χ1) is 27.5. The maximum Gasteiger partial charge on any atom is 0.306 e. The molecule has 6 nitrogen and oxygen atoms in total. The van der Waals surface area contributed by atoms with Gasteiger partial charge in [-0.05, 0) is 38.5 Å². The number of aliphatic hydroxyl groups excluding tert-OH is 2. The van der Waals surface area contributed by atoms with Crippen LogP contribution in [0.5, 0.6) is 0 Å². The van der Waals surface area contributed by atoms with Crippen LogP contribution in [-0.4, -0.2) is 46.9 Å². The van der Waals surface area contributed by atoms with Gasteiger partial charge in [-0.3, -0.25) is 9.59 Å². The first-order valence-electron chi connectivity index (χ1n) is 23.9. The highest BCUT2D eigenvalue weighted by Gasteiger charge is 2.24. The Morgan fingerprint density at radius 2 is 0.964 bits per heavy atom. The third-order valence-electron chi connectivity index (χ3n) is 10.8. The number of carbonyl (C=O) groups excluding carboxylic acids is 2.